The number of hydrogen-bond donors (Lipinski definition) is 1. The van der Waals surface area contributed by atoms with Gasteiger partial charge in [0.15, 0.2) is 6.10 Å². The molecule has 1 aliphatic heterocycles. The van der Waals surface area contributed by atoms with Gasteiger partial charge in [-0.3, -0.25) is 0 Å². The van der Waals surface area contributed by atoms with Crippen molar-refractivity contribution in [3.63, 3.8) is 0 Å². The van der Waals surface area contributed by atoms with Gasteiger partial charge in [-0.15, -0.1) is 0 Å². The van der Waals surface area contributed by atoms with Crippen molar-refractivity contribution in [3.8, 4) is 5.75 Å². The molecule has 0 saturated heterocycles. The number of hydrogen-bond acceptors (Lipinski definition) is 4. The fourth-order valence-electron chi connectivity index (χ4n) is 3.03. The second kappa shape index (κ2) is 7.42. The zero-order valence-corrected chi connectivity index (χ0v) is 14.2. The van der Waals surface area contributed by atoms with E-state index in [1.807, 2.05) is 84.9 Å². The van der Waals surface area contributed by atoms with E-state index in [1.165, 1.54) is 0 Å². The first-order valence-corrected chi connectivity index (χ1v) is 8.56. The Morgan fingerprint density at radius 1 is 0.846 bits per heavy atom. The van der Waals surface area contributed by atoms with Crippen LogP contribution in [-0.2, 0) is 11.4 Å². The van der Waals surface area contributed by atoms with Gasteiger partial charge < -0.3 is 14.7 Å². The second-order valence-corrected chi connectivity index (χ2v) is 6.13. The van der Waals surface area contributed by atoms with E-state index in [4.69, 9.17) is 9.57 Å². The predicted octanol–water partition coefficient (Wildman–Crippen LogP) is 4.10. The number of fused-ring (bicyclic) bond motifs is 1. The summed E-state index contributed by atoms with van der Waals surface area (Å²) in [6.45, 7) is 0.343. The molecule has 1 aliphatic rings. The molecule has 0 aliphatic carbocycles. The largest absolute Gasteiger partial charge is 0.482 e. The van der Waals surface area contributed by atoms with Gasteiger partial charge in [-0.1, -0.05) is 78.0 Å². The lowest BCUT2D eigenvalue weighted by Gasteiger charge is -2.31. The summed E-state index contributed by atoms with van der Waals surface area (Å²) in [5, 5.41) is 15.2. The first-order chi connectivity index (χ1) is 12.8. The molecule has 4 nitrogen and oxygen atoms in total. The Kier molecular flexibility index (Phi) is 4.67. The third-order valence-electron chi connectivity index (χ3n) is 4.35. The topological polar surface area (TPSA) is 51.1 Å². The zero-order chi connectivity index (χ0) is 17.8. The maximum absolute atomic E-state index is 10.9. The predicted molar refractivity (Wildman–Crippen MR) is 100 cm³/mol. The van der Waals surface area contributed by atoms with Gasteiger partial charge in [-0.2, -0.15) is 0 Å². The highest BCUT2D eigenvalue weighted by Gasteiger charge is 2.35. The molecule has 0 bridgehead atoms. The molecule has 0 aromatic heterocycles. The Balaban J connectivity index is 1.64. The lowest BCUT2D eigenvalue weighted by molar-refractivity contribution is 0.0629. The van der Waals surface area contributed by atoms with Crippen LogP contribution in [-0.4, -0.2) is 16.9 Å². The maximum Gasteiger partial charge on any atom is 0.155 e. The number of oxime groups is 1. The second-order valence-electron chi connectivity index (χ2n) is 6.13. The molecule has 1 heterocycles. The van der Waals surface area contributed by atoms with Gasteiger partial charge in [-0.05, 0) is 23.3 Å². The molecule has 3 aromatic rings. The number of aliphatic hydroxyl groups is 1. The summed E-state index contributed by atoms with van der Waals surface area (Å²) in [6, 6.07) is 27.0. The van der Waals surface area contributed by atoms with Crippen LogP contribution in [0.3, 0.4) is 0 Å². The molecular weight excluding hydrogens is 326 g/mol. The molecule has 1 unspecified atom stereocenters. The Hall–Kier alpha value is -3.11. The Labute approximate surface area is 152 Å². The molecule has 26 heavy (non-hydrogen) atoms. The number of benzene rings is 3. The molecule has 130 valence electrons. The number of aliphatic hydroxyl groups excluding tert-OH is 1. The summed E-state index contributed by atoms with van der Waals surface area (Å²) in [4.78, 5) is 5.54. The quantitative estimate of drug-likeness (QED) is 0.724. The summed E-state index contributed by atoms with van der Waals surface area (Å²) in [5.41, 5.74) is 3.15. The molecule has 0 spiro atoms. The zero-order valence-electron chi connectivity index (χ0n) is 14.2. The highest BCUT2D eigenvalue weighted by atomic mass is 16.6. The molecule has 4 rings (SSSR count). The highest BCUT2D eigenvalue weighted by molar-refractivity contribution is 6.06. The van der Waals surface area contributed by atoms with Crippen molar-refractivity contribution >= 4 is 5.71 Å². The first kappa shape index (κ1) is 16.4. The molecule has 0 radical (unpaired) electrons. The van der Waals surface area contributed by atoms with Gasteiger partial charge >= 0.3 is 0 Å². The van der Waals surface area contributed by atoms with E-state index in [9.17, 15) is 5.11 Å². The van der Waals surface area contributed by atoms with Crippen LogP contribution in [0.1, 0.15) is 22.8 Å². The van der Waals surface area contributed by atoms with Crippen molar-refractivity contribution in [1.29, 1.82) is 0 Å². The van der Waals surface area contributed by atoms with Crippen LogP contribution in [0.4, 0.5) is 0 Å². The van der Waals surface area contributed by atoms with E-state index in [2.05, 4.69) is 5.16 Å². The maximum atomic E-state index is 10.9. The van der Waals surface area contributed by atoms with Crippen LogP contribution >= 0.6 is 0 Å². The smallest absolute Gasteiger partial charge is 0.155 e. The monoisotopic (exact) mass is 345 g/mol. The fraction of sp³-hybridized carbons (Fsp3) is 0.136. The molecular formula is C22H19NO3. The van der Waals surface area contributed by atoms with Crippen molar-refractivity contribution in [3.05, 3.63) is 102 Å². The summed E-state index contributed by atoms with van der Waals surface area (Å²) in [7, 11) is 0. The summed E-state index contributed by atoms with van der Waals surface area (Å²) < 4.78 is 6.04. The van der Waals surface area contributed by atoms with Crippen LogP contribution in [0, 0.1) is 0 Å². The van der Waals surface area contributed by atoms with Crippen molar-refractivity contribution in [2.75, 3.05) is 0 Å². The normalized spacial score (nSPS) is 20.3. The minimum Gasteiger partial charge on any atom is -0.482 e. The van der Waals surface area contributed by atoms with E-state index in [0.717, 1.165) is 16.7 Å². The summed E-state index contributed by atoms with van der Waals surface area (Å²) >= 11 is 0. The van der Waals surface area contributed by atoms with Gasteiger partial charge in [0.1, 0.15) is 24.2 Å². The lowest BCUT2D eigenvalue weighted by atomic mass is 9.93. The number of rotatable bonds is 4. The van der Waals surface area contributed by atoms with Crippen molar-refractivity contribution in [2.24, 2.45) is 5.16 Å². The molecule has 2 atom stereocenters. The van der Waals surface area contributed by atoms with Gasteiger partial charge in [0.05, 0.1) is 0 Å². The number of nitrogens with zero attached hydrogens (tertiary/aromatic N) is 1. The van der Waals surface area contributed by atoms with Gasteiger partial charge in [0, 0.05) is 5.56 Å². The Morgan fingerprint density at radius 2 is 1.50 bits per heavy atom. The van der Waals surface area contributed by atoms with Crippen molar-refractivity contribution < 1.29 is 14.7 Å². The average Bonchev–Trinajstić information content (AvgIpc) is 2.71. The van der Waals surface area contributed by atoms with Gasteiger partial charge in [-0.25, -0.2) is 0 Å². The SMILES string of the molecule is O[C@H]1/C(=N/OCc2ccccc2)c2ccccc2OC1c1ccccc1. The Bertz CT molecular complexity index is 894. The molecule has 1 N–H and O–H groups in total. The van der Waals surface area contributed by atoms with Crippen LogP contribution in [0.2, 0.25) is 0 Å². The standard InChI is InChI=1S/C22H19NO3/c24-21-20(23-25-15-16-9-3-1-4-10-16)18-13-7-8-14-19(18)26-22(21)17-11-5-2-6-12-17/h1-14,21-22,24H,15H2/b23-20+/t21-,22?/m0/s1. The Morgan fingerprint density at radius 3 is 2.27 bits per heavy atom. The van der Waals surface area contributed by atoms with Crippen LogP contribution in [0.25, 0.3) is 0 Å². The van der Waals surface area contributed by atoms with E-state index < -0.39 is 12.2 Å². The minimum atomic E-state index is -0.914. The molecule has 0 fully saturated rings. The van der Waals surface area contributed by atoms with Crippen LogP contribution < -0.4 is 4.74 Å². The van der Waals surface area contributed by atoms with E-state index in [1.54, 1.807) is 0 Å². The minimum absolute atomic E-state index is 0.343. The van der Waals surface area contributed by atoms with E-state index in [0.29, 0.717) is 18.1 Å². The van der Waals surface area contributed by atoms with Crippen molar-refractivity contribution in [2.45, 2.75) is 18.8 Å². The third kappa shape index (κ3) is 3.32. The highest BCUT2D eigenvalue weighted by Crippen LogP contribution is 2.35. The average molecular weight is 345 g/mol. The third-order valence-corrected chi connectivity index (χ3v) is 4.35. The van der Waals surface area contributed by atoms with Crippen molar-refractivity contribution in [1.82, 2.24) is 0 Å². The molecule has 4 heteroatoms. The van der Waals surface area contributed by atoms with Gasteiger partial charge in [0.25, 0.3) is 0 Å². The van der Waals surface area contributed by atoms with E-state index >= 15 is 0 Å². The number of ether oxygens (including phenoxy) is 1. The first-order valence-electron chi connectivity index (χ1n) is 8.56. The molecule has 3 aromatic carbocycles. The number of para-hydroxylation sites is 1. The molecule has 0 saturated carbocycles. The van der Waals surface area contributed by atoms with Crippen LogP contribution in [0.15, 0.2) is 90.1 Å². The fourth-order valence-corrected chi connectivity index (χ4v) is 3.03. The van der Waals surface area contributed by atoms with Crippen LogP contribution in [0.5, 0.6) is 5.75 Å². The summed E-state index contributed by atoms with van der Waals surface area (Å²) in [6.07, 6.45) is -1.44. The molecule has 0 amide bonds. The van der Waals surface area contributed by atoms with E-state index in [-0.39, 0.29) is 0 Å². The summed E-state index contributed by atoms with van der Waals surface area (Å²) in [5.74, 6) is 0.689. The van der Waals surface area contributed by atoms with Gasteiger partial charge in [0.2, 0.25) is 0 Å². The lowest BCUT2D eigenvalue weighted by Crippen LogP contribution is -2.37.